The lowest BCUT2D eigenvalue weighted by molar-refractivity contribution is -0.143. The van der Waals surface area contributed by atoms with Crippen LogP contribution in [0.3, 0.4) is 0 Å². The van der Waals surface area contributed by atoms with E-state index in [1.807, 2.05) is 4.90 Å². The molecule has 0 radical (unpaired) electrons. The molecule has 32 heavy (non-hydrogen) atoms. The summed E-state index contributed by atoms with van der Waals surface area (Å²) in [6.45, 7) is 4.12. The van der Waals surface area contributed by atoms with Gasteiger partial charge in [0, 0.05) is 56.0 Å². The molecule has 0 spiro atoms. The third-order valence-corrected chi connectivity index (χ3v) is 7.04. The molecule has 3 aliphatic rings. The van der Waals surface area contributed by atoms with Crippen LogP contribution >= 0.6 is 11.6 Å². The predicted octanol–water partition coefficient (Wildman–Crippen LogP) is 2.49. The van der Waals surface area contributed by atoms with Crippen molar-refractivity contribution in [3.05, 3.63) is 29.3 Å². The second-order valence-corrected chi connectivity index (χ2v) is 9.32. The quantitative estimate of drug-likeness (QED) is 0.747. The maximum absolute atomic E-state index is 12.8. The third kappa shape index (κ3) is 5.72. The number of halogens is 1. The summed E-state index contributed by atoms with van der Waals surface area (Å²) < 4.78 is 0. The first kappa shape index (κ1) is 22.9. The smallest absolute Gasteiger partial charge is 0.322 e. The minimum absolute atomic E-state index is 0.000657. The van der Waals surface area contributed by atoms with Crippen molar-refractivity contribution in [3.63, 3.8) is 0 Å². The molecule has 1 saturated carbocycles. The van der Waals surface area contributed by atoms with Crippen LogP contribution < -0.4 is 5.32 Å². The normalized spacial score (nSPS) is 21.0. The molecular weight excluding hydrogens is 430 g/mol. The molecule has 8 nitrogen and oxygen atoms in total. The zero-order valence-electron chi connectivity index (χ0n) is 18.5. The summed E-state index contributed by atoms with van der Waals surface area (Å²) in [5.41, 5.74) is 0.622. The van der Waals surface area contributed by atoms with Gasteiger partial charge in [-0.25, -0.2) is 4.79 Å². The topological polar surface area (TPSA) is 76.2 Å². The molecule has 1 aromatic rings. The van der Waals surface area contributed by atoms with E-state index in [-0.39, 0.29) is 30.9 Å². The first-order valence-electron chi connectivity index (χ1n) is 11.6. The first-order valence-corrected chi connectivity index (χ1v) is 12.0. The van der Waals surface area contributed by atoms with Crippen LogP contribution in [0.15, 0.2) is 24.3 Å². The number of nitrogens with zero attached hydrogens (tertiary/aromatic N) is 4. The van der Waals surface area contributed by atoms with E-state index in [2.05, 4.69) is 10.2 Å². The molecule has 1 aliphatic carbocycles. The van der Waals surface area contributed by atoms with E-state index in [9.17, 15) is 14.4 Å². The number of hydrogen-bond acceptors (Lipinski definition) is 4. The predicted molar refractivity (Wildman–Crippen MR) is 124 cm³/mol. The Bertz CT molecular complexity index is 819. The van der Waals surface area contributed by atoms with E-state index in [1.54, 1.807) is 29.2 Å². The molecule has 3 fully saturated rings. The SMILES string of the molecule is O=C(CN1CCN(C(=O)Nc2ccc(Cl)cc2)CC1=O)N1CCN(C2CCCCC2)CC1. The first-order chi connectivity index (χ1) is 15.5. The molecule has 0 bridgehead atoms. The van der Waals surface area contributed by atoms with Crippen molar-refractivity contribution in [2.45, 2.75) is 38.1 Å². The number of urea groups is 1. The van der Waals surface area contributed by atoms with E-state index >= 15 is 0 Å². The summed E-state index contributed by atoms with van der Waals surface area (Å²) in [6.07, 6.45) is 6.53. The summed E-state index contributed by atoms with van der Waals surface area (Å²) in [5, 5.41) is 3.37. The van der Waals surface area contributed by atoms with Crippen molar-refractivity contribution in [2.24, 2.45) is 0 Å². The number of carbonyl (C=O) groups excluding carboxylic acids is 3. The molecule has 2 saturated heterocycles. The Morgan fingerprint density at radius 2 is 1.56 bits per heavy atom. The van der Waals surface area contributed by atoms with Crippen LogP contribution in [0, 0.1) is 0 Å². The summed E-state index contributed by atoms with van der Waals surface area (Å²) in [6, 6.07) is 7.16. The van der Waals surface area contributed by atoms with Crippen LogP contribution in [-0.4, -0.2) is 95.8 Å². The van der Waals surface area contributed by atoms with E-state index < -0.39 is 0 Å². The maximum Gasteiger partial charge on any atom is 0.322 e. The Hall–Kier alpha value is -2.32. The molecule has 0 aromatic heterocycles. The zero-order valence-corrected chi connectivity index (χ0v) is 19.2. The number of anilines is 1. The zero-order chi connectivity index (χ0) is 22.5. The highest BCUT2D eigenvalue weighted by Gasteiger charge is 2.31. The number of nitrogens with one attached hydrogen (secondary N) is 1. The summed E-state index contributed by atoms with van der Waals surface area (Å²) in [4.78, 5) is 45.3. The molecule has 2 heterocycles. The number of amides is 4. The summed E-state index contributed by atoms with van der Waals surface area (Å²) in [5.74, 6) is -0.197. The third-order valence-electron chi connectivity index (χ3n) is 6.79. The van der Waals surface area contributed by atoms with Gasteiger partial charge in [0.15, 0.2) is 0 Å². The van der Waals surface area contributed by atoms with Gasteiger partial charge in [0.1, 0.15) is 6.54 Å². The van der Waals surface area contributed by atoms with Crippen LogP contribution in [0.4, 0.5) is 10.5 Å². The second kappa shape index (κ2) is 10.5. The van der Waals surface area contributed by atoms with Crippen LogP contribution in [0.1, 0.15) is 32.1 Å². The Morgan fingerprint density at radius 1 is 0.906 bits per heavy atom. The van der Waals surface area contributed by atoms with Gasteiger partial charge >= 0.3 is 6.03 Å². The number of benzene rings is 1. The van der Waals surface area contributed by atoms with Gasteiger partial charge in [-0.15, -0.1) is 0 Å². The number of carbonyl (C=O) groups is 3. The maximum atomic E-state index is 12.8. The van der Waals surface area contributed by atoms with E-state index in [1.165, 1.54) is 37.0 Å². The fraction of sp³-hybridized carbons (Fsp3) is 0.609. The Morgan fingerprint density at radius 3 is 2.22 bits per heavy atom. The average Bonchev–Trinajstić information content (AvgIpc) is 2.82. The van der Waals surface area contributed by atoms with Gasteiger partial charge in [0.25, 0.3) is 0 Å². The van der Waals surface area contributed by atoms with E-state index in [4.69, 9.17) is 11.6 Å². The fourth-order valence-corrected chi connectivity index (χ4v) is 4.96. The summed E-state index contributed by atoms with van der Waals surface area (Å²) in [7, 11) is 0. The molecule has 9 heteroatoms. The van der Waals surface area contributed by atoms with Crippen molar-refractivity contribution in [2.75, 3.05) is 57.7 Å². The molecule has 4 amide bonds. The minimum Gasteiger partial charge on any atom is -0.339 e. The van der Waals surface area contributed by atoms with Crippen LogP contribution in [0.25, 0.3) is 0 Å². The molecule has 4 rings (SSSR count). The lowest BCUT2D eigenvalue weighted by Gasteiger charge is -2.41. The molecule has 174 valence electrons. The lowest BCUT2D eigenvalue weighted by Crippen LogP contribution is -2.57. The molecule has 2 aliphatic heterocycles. The van der Waals surface area contributed by atoms with E-state index in [0.717, 1.165) is 26.2 Å². The van der Waals surface area contributed by atoms with Gasteiger partial charge in [-0.1, -0.05) is 30.9 Å². The largest absolute Gasteiger partial charge is 0.339 e. The molecular formula is C23H32ClN5O3. The standard InChI is InChI=1S/C23H32ClN5O3/c24-18-6-8-19(9-7-18)25-23(32)29-15-14-28(22(31)17-29)16-21(30)27-12-10-26(11-13-27)20-4-2-1-3-5-20/h6-9,20H,1-5,10-17H2,(H,25,32). The van der Waals surface area contributed by atoms with Gasteiger partial charge in [-0.3, -0.25) is 14.5 Å². The fourth-order valence-electron chi connectivity index (χ4n) is 4.83. The van der Waals surface area contributed by atoms with Crippen molar-refractivity contribution in [1.29, 1.82) is 0 Å². The summed E-state index contributed by atoms with van der Waals surface area (Å²) >= 11 is 5.87. The lowest BCUT2D eigenvalue weighted by atomic mass is 9.94. The van der Waals surface area contributed by atoms with Crippen LogP contribution in [0.5, 0.6) is 0 Å². The van der Waals surface area contributed by atoms with Gasteiger partial charge in [0.05, 0.1) is 6.54 Å². The van der Waals surface area contributed by atoms with Crippen molar-refractivity contribution in [1.82, 2.24) is 19.6 Å². The second-order valence-electron chi connectivity index (χ2n) is 8.88. The highest BCUT2D eigenvalue weighted by Crippen LogP contribution is 2.23. The Balaban J connectivity index is 1.21. The number of piperazine rings is 2. The number of hydrogen-bond donors (Lipinski definition) is 1. The van der Waals surface area contributed by atoms with Gasteiger partial charge in [-0.2, -0.15) is 0 Å². The Labute approximate surface area is 194 Å². The van der Waals surface area contributed by atoms with Gasteiger partial charge in [0.2, 0.25) is 11.8 Å². The van der Waals surface area contributed by atoms with Crippen LogP contribution in [0.2, 0.25) is 5.02 Å². The Kier molecular flexibility index (Phi) is 7.52. The highest BCUT2D eigenvalue weighted by molar-refractivity contribution is 6.30. The van der Waals surface area contributed by atoms with E-state index in [0.29, 0.717) is 29.8 Å². The van der Waals surface area contributed by atoms with Crippen molar-refractivity contribution >= 4 is 35.1 Å². The molecule has 1 N–H and O–H groups in total. The average molecular weight is 462 g/mol. The minimum atomic E-state index is -0.328. The van der Waals surface area contributed by atoms with Crippen LogP contribution in [-0.2, 0) is 9.59 Å². The molecule has 0 atom stereocenters. The van der Waals surface area contributed by atoms with Gasteiger partial charge < -0.3 is 20.0 Å². The molecule has 0 unspecified atom stereocenters. The monoisotopic (exact) mass is 461 g/mol. The van der Waals surface area contributed by atoms with Crippen molar-refractivity contribution in [3.8, 4) is 0 Å². The molecule has 1 aromatic carbocycles. The number of rotatable bonds is 4. The van der Waals surface area contributed by atoms with Crippen molar-refractivity contribution < 1.29 is 14.4 Å². The highest BCUT2D eigenvalue weighted by atomic mass is 35.5. The van der Waals surface area contributed by atoms with Gasteiger partial charge in [-0.05, 0) is 37.1 Å².